The fourth-order valence-electron chi connectivity index (χ4n) is 1.29. The molecule has 0 heterocycles. The first-order chi connectivity index (χ1) is 6.54. The summed E-state index contributed by atoms with van der Waals surface area (Å²) in [6.07, 6.45) is -2.19. The van der Waals surface area contributed by atoms with Crippen molar-refractivity contribution in [2.24, 2.45) is 5.73 Å². The van der Waals surface area contributed by atoms with Crippen LogP contribution in [0, 0.1) is 12.7 Å². The molecule has 0 saturated carbocycles. The largest absolute Gasteiger partial charge is 0.389 e. The first kappa shape index (κ1) is 11.1. The monoisotopic (exact) mass is 199 g/mol. The predicted octanol–water partition coefficient (Wildman–Crippen LogP) is 0.487. The van der Waals surface area contributed by atoms with E-state index in [9.17, 15) is 14.6 Å². The molecule has 4 N–H and O–H groups in total. The zero-order chi connectivity index (χ0) is 10.7. The van der Waals surface area contributed by atoms with Gasteiger partial charge in [0, 0.05) is 6.54 Å². The van der Waals surface area contributed by atoms with E-state index in [1.54, 1.807) is 13.0 Å². The van der Waals surface area contributed by atoms with E-state index in [0.29, 0.717) is 11.1 Å². The van der Waals surface area contributed by atoms with Crippen LogP contribution in [0.15, 0.2) is 18.2 Å². The van der Waals surface area contributed by atoms with Crippen molar-refractivity contribution in [2.75, 3.05) is 6.54 Å². The minimum absolute atomic E-state index is 0.0588. The summed E-state index contributed by atoms with van der Waals surface area (Å²) in [5, 5.41) is 18.8. The fraction of sp³-hybridized carbons (Fsp3) is 0.400. The molecule has 1 aromatic rings. The van der Waals surface area contributed by atoms with Gasteiger partial charge < -0.3 is 15.9 Å². The average molecular weight is 199 g/mol. The molecule has 0 fully saturated rings. The van der Waals surface area contributed by atoms with Gasteiger partial charge in [0.05, 0.1) is 6.10 Å². The van der Waals surface area contributed by atoms with Gasteiger partial charge >= 0.3 is 0 Å². The number of hydrogen-bond acceptors (Lipinski definition) is 3. The number of halogens is 1. The molecule has 0 aliphatic carbocycles. The summed E-state index contributed by atoms with van der Waals surface area (Å²) < 4.78 is 12.9. The van der Waals surface area contributed by atoms with Crippen molar-refractivity contribution in [3.8, 4) is 0 Å². The van der Waals surface area contributed by atoms with Crippen LogP contribution >= 0.6 is 0 Å². The molecule has 14 heavy (non-hydrogen) atoms. The van der Waals surface area contributed by atoms with Crippen molar-refractivity contribution in [2.45, 2.75) is 19.1 Å². The Morgan fingerprint density at radius 3 is 2.50 bits per heavy atom. The van der Waals surface area contributed by atoms with E-state index in [1.807, 2.05) is 0 Å². The summed E-state index contributed by atoms with van der Waals surface area (Å²) in [7, 11) is 0. The minimum atomic E-state index is -1.13. The molecule has 1 rings (SSSR count). The van der Waals surface area contributed by atoms with Crippen LogP contribution in [0.3, 0.4) is 0 Å². The van der Waals surface area contributed by atoms with Crippen LogP contribution < -0.4 is 5.73 Å². The summed E-state index contributed by atoms with van der Waals surface area (Å²) in [5.74, 6) is -0.428. The predicted molar refractivity (Wildman–Crippen MR) is 51.2 cm³/mol. The zero-order valence-electron chi connectivity index (χ0n) is 7.94. The Morgan fingerprint density at radius 2 is 2.00 bits per heavy atom. The third-order valence-corrected chi connectivity index (χ3v) is 2.01. The molecule has 0 spiro atoms. The molecule has 0 aliphatic rings. The van der Waals surface area contributed by atoms with Gasteiger partial charge in [0.1, 0.15) is 11.9 Å². The molecule has 1 aromatic carbocycles. The summed E-state index contributed by atoms with van der Waals surface area (Å²) >= 11 is 0. The zero-order valence-corrected chi connectivity index (χ0v) is 7.94. The SMILES string of the molecule is Cc1cc(F)cc(C(O)C(O)CN)c1. The van der Waals surface area contributed by atoms with Crippen LogP contribution in [0.1, 0.15) is 17.2 Å². The van der Waals surface area contributed by atoms with Crippen LogP contribution in [0.25, 0.3) is 0 Å². The standard InChI is InChI=1S/C10H14FNO2/c1-6-2-7(4-8(11)3-6)10(14)9(13)5-12/h2-4,9-10,13-14H,5,12H2,1H3. The molecule has 0 saturated heterocycles. The van der Waals surface area contributed by atoms with Gasteiger partial charge in [-0.2, -0.15) is 0 Å². The van der Waals surface area contributed by atoms with Crippen molar-refractivity contribution in [3.05, 3.63) is 35.1 Å². The normalized spacial score (nSPS) is 15.2. The lowest BCUT2D eigenvalue weighted by Crippen LogP contribution is -2.27. The molecule has 78 valence electrons. The van der Waals surface area contributed by atoms with E-state index in [4.69, 9.17) is 5.73 Å². The number of rotatable bonds is 3. The molecule has 0 amide bonds. The van der Waals surface area contributed by atoms with Gasteiger partial charge in [0.15, 0.2) is 0 Å². The Labute approximate surface area is 82.0 Å². The summed E-state index contributed by atoms with van der Waals surface area (Å²) in [4.78, 5) is 0. The molecule has 0 aliphatic heterocycles. The Bertz CT molecular complexity index is 297. The highest BCUT2D eigenvalue weighted by atomic mass is 19.1. The highest BCUT2D eigenvalue weighted by Gasteiger charge is 2.17. The molecular weight excluding hydrogens is 185 g/mol. The Kier molecular flexibility index (Phi) is 3.57. The van der Waals surface area contributed by atoms with Crippen molar-refractivity contribution < 1.29 is 14.6 Å². The van der Waals surface area contributed by atoms with E-state index < -0.39 is 18.0 Å². The van der Waals surface area contributed by atoms with Gasteiger partial charge in [0.2, 0.25) is 0 Å². The number of aliphatic hydroxyl groups is 2. The highest BCUT2D eigenvalue weighted by Crippen LogP contribution is 2.19. The number of aliphatic hydroxyl groups excluding tert-OH is 2. The molecule has 2 atom stereocenters. The quantitative estimate of drug-likeness (QED) is 0.663. The highest BCUT2D eigenvalue weighted by molar-refractivity contribution is 5.25. The van der Waals surface area contributed by atoms with Crippen LogP contribution in [0.2, 0.25) is 0 Å². The van der Waals surface area contributed by atoms with Gasteiger partial charge in [-0.15, -0.1) is 0 Å². The van der Waals surface area contributed by atoms with Crippen LogP contribution in [0.4, 0.5) is 4.39 Å². The first-order valence-electron chi connectivity index (χ1n) is 4.38. The maximum absolute atomic E-state index is 12.9. The van der Waals surface area contributed by atoms with Crippen LogP contribution in [0.5, 0.6) is 0 Å². The molecule has 0 aromatic heterocycles. The van der Waals surface area contributed by atoms with Crippen molar-refractivity contribution in [1.29, 1.82) is 0 Å². The maximum Gasteiger partial charge on any atom is 0.123 e. The van der Waals surface area contributed by atoms with Gasteiger partial charge in [-0.05, 0) is 30.2 Å². The summed E-state index contributed by atoms with van der Waals surface area (Å²) in [6.45, 7) is 1.66. The fourth-order valence-corrected chi connectivity index (χ4v) is 1.29. The third kappa shape index (κ3) is 2.51. The topological polar surface area (TPSA) is 66.5 Å². The minimum Gasteiger partial charge on any atom is -0.389 e. The Hall–Kier alpha value is -0.970. The summed E-state index contributed by atoms with van der Waals surface area (Å²) in [6, 6.07) is 4.16. The van der Waals surface area contributed by atoms with E-state index in [-0.39, 0.29) is 6.54 Å². The number of nitrogens with two attached hydrogens (primary N) is 1. The van der Waals surface area contributed by atoms with Crippen molar-refractivity contribution in [3.63, 3.8) is 0 Å². The van der Waals surface area contributed by atoms with Crippen LogP contribution in [-0.4, -0.2) is 22.9 Å². The molecule has 2 unspecified atom stereocenters. The van der Waals surface area contributed by atoms with Gasteiger partial charge in [-0.1, -0.05) is 6.07 Å². The van der Waals surface area contributed by atoms with Crippen LogP contribution in [-0.2, 0) is 0 Å². The molecular formula is C10H14FNO2. The van der Waals surface area contributed by atoms with Crippen molar-refractivity contribution in [1.82, 2.24) is 0 Å². The molecule has 0 bridgehead atoms. The third-order valence-electron chi connectivity index (χ3n) is 2.01. The summed E-state index contributed by atoms with van der Waals surface area (Å²) in [5.41, 5.74) is 6.23. The van der Waals surface area contributed by atoms with E-state index in [0.717, 1.165) is 0 Å². The van der Waals surface area contributed by atoms with Gasteiger partial charge in [0.25, 0.3) is 0 Å². The molecule has 4 heteroatoms. The van der Waals surface area contributed by atoms with E-state index in [1.165, 1.54) is 12.1 Å². The average Bonchev–Trinajstić information content (AvgIpc) is 2.14. The van der Waals surface area contributed by atoms with Crippen molar-refractivity contribution >= 4 is 0 Å². The lowest BCUT2D eigenvalue weighted by atomic mass is 10.0. The molecule has 3 nitrogen and oxygen atoms in total. The first-order valence-corrected chi connectivity index (χ1v) is 4.38. The Morgan fingerprint density at radius 1 is 1.36 bits per heavy atom. The number of benzene rings is 1. The number of aryl methyl sites for hydroxylation is 1. The second kappa shape index (κ2) is 4.50. The molecule has 0 radical (unpaired) electrons. The second-order valence-electron chi connectivity index (χ2n) is 3.31. The number of hydrogen-bond donors (Lipinski definition) is 3. The van der Waals surface area contributed by atoms with Gasteiger partial charge in [-0.25, -0.2) is 4.39 Å². The maximum atomic E-state index is 12.9. The van der Waals surface area contributed by atoms with Gasteiger partial charge in [-0.3, -0.25) is 0 Å². The Balaban J connectivity index is 2.94. The second-order valence-corrected chi connectivity index (χ2v) is 3.31. The lowest BCUT2D eigenvalue weighted by Gasteiger charge is -2.16. The smallest absolute Gasteiger partial charge is 0.123 e. The lowest BCUT2D eigenvalue weighted by molar-refractivity contribution is 0.0241. The van der Waals surface area contributed by atoms with E-state index >= 15 is 0 Å². The van der Waals surface area contributed by atoms with E-state index in [2.05, 4.69) is 0 Å².